The maximum atomic E-state index is 12.0. The van der Waals surface area contributed by atoms with Crippen molar-refractivity contribution in [3.05, 3.63) is 15.9 Å². The topological polar surface area (TPSA) is 46.2 Å². The average Bonchev–Trinajstić information content (AvgIpc) is 2.75. The summed E-state index contributed by atoms with van der Waals surface area (Å²) in [5, 5.41) is 1.77. The number of rotatable bonds is 4. The fraction of sp³-hybridized carbons (Fsp3) is 0.600. The van der Waals surface area contributed by atoms with Crippen LogP contribution < -0.4 is 4.72 Å². The Hall–Kier alpha value is 0.440. The van der Waals surface area contributed by atoms with E-state index in [1.54, 1.807) is 11.4 Å². The van der Waals surface area contributed by atoms with Crippen LogP contribution in [0.4, 0.5) is 0 Å². The monoisotopic (exact) mass is 355 g/mol. The van der Waals surface area contributed by atoms with Gasteiger partial charge < -0.3 is 0 Å². The Bertz CT molecular complexity index is 466. The van der Waals surface area contributed by atoms with Gasteiger partial charge in [-0.2, -0.15) is 11.8 Å². The summed E-state index contributed by atoms with van der Waals surface area (Å²) >= 11 is 6.45. The van der Waals surface area contributed by atoms with E-state index in [4.69, 9.17) is 0 Å². The van der Waals surface area contributed by atoms with Gasteiger partial charge in [0.25, 0.3) is 10.0 Å². The third-order valence-electron chi connectivity index (χ3n) is 2.73. The highest BCUT2D eigenvalue weighted by Gasteiger charge is 2.21. The van der Waals surface area contributed by atoms with E-state index in [0.29, 0.717) is 21.1 Å². The van der Waals surface area contributed by atoms with Crippen molar-refractivity contribution in [3.63, 3.8) is 0 Å². The van der Waals surface area contributed by atoms with Gasteiger partial charge in [-0.15, -0.1) is 11.3 Å². The first-order chi connectivity index (χ1) is 8.09. The van der Waals surface area contributed by atoms with E-state index in [0.717, 1.165) is 24.3 Å². The minimum atomic E-state index is -3.33. The molecule has 0 atom stereocenters. The molecule has 1 fully saturated rings. The molecule has 1 aliphatic rings. The predicted octanol–water partition coefficient (Wildman–Crippen LogP) is 2.93. The van der Waals surface area contributed by atoms with Crippen molar-refractivity contribution in [2.45, 2.75) is 17.1 Å². The molecule has 0 bridgehead atoms. The van der Waals surface area contributed by atoms with Crippen LogP contribution in [0, 0.1) is 5.92 Å². The first-order valence-corrected chi connectivity index (χ1v) is 9.71. The molecule has 0 saturated carbocycles. The maximum absolute atomic E-state index is 12.0. The first-order valence-electron chi connectivity index (χ1n) is 5.40. The molecule has 2 heterocycles. The highest BCUT2D eigenvalue weighted by Crippen LogP contribution is 2.28. The number of nitrogens with one attached hydrogen (secondary N) is 1. The first kappa shape index (κ1) is 13.9. The highest BCUT2D eigenvalue weighted by atomic mass is 79.9. The summed E-state index contributed by atoms with van der Waals surface area (Å²) in [6.45, 7) is 0.563. The van der Waals surface area contributed by atoms with Crippen LogP contribution in [0.3, 0.4) is 0 Å². The van der Waals surface area contributed by atoms with E-state index < -0.39 is 10.0 Å². The van der Waals surface area contributed by atoms with Crippen LogP contribution in [0.15, 0.2) is 20.1 Å². The van der Waals surface area contributed by atoms with E-state index in [2.05, 4.69) is 20.7 Å². The molecule has 0 spiro atoms. The minimum absolute atomic E-state index is 0.377. The van der Waals surface area contributed by atoms with E-state index in [-0.39, 0.29) is 0 Å². The number of hydrogen-bond donors (Lipinski definition) is 1. The largest absolute Gasteiger partial charge is 0.251 e. The van der Waals surface area contributed by atoms with Gasteiger partial charge >= 0.3 is 0 Å². The SMILES string of the molecule is O=S(=O)(NCC1CCSCC1)c1sccc1Br. The number of sulfonamides is 1. The summed E-state index contributed by atoms with van der Waals surface area (Å²) < 4.78 is 27.8. The third kappa shape index (κ3) is 3.70. The summed E-state index contributed by atoms with van der Waals surface area (Å²) in [6, 6.07) is 1.76. The Labute approximate surface area is 119 Å². The van der Waals surface area contributed by atoms with Gasteiger partial charge in [0.15, 0.2) is 0 Å². The summed E-state index contributed by atoms with van der Waals surface area (Å²) in [6.07, 6.45) is 2.22. The van der Waals surface area contributed by atoms with Gasteiger partial charge in [-0.05, 0) is 57.6 Å². The molecule has 2 rings (SSSR count). The molecule has 3 nitrogen and oxygen atoms in total. The van der Waals surface area contributed by atoms with Crippen molar-refractivity contribution < 1.29 is 8.42 Å². The molecule has 96 valence electrons. The summed E-state index contributed by atoms with van der Waals surface area (Å²) in [7, 11) is -3.33. The summed E-state index contributed by atoms with van der Waals surface area (Å²) in [5.41, 5.74) is 0. The molecule has 1 aliphatic heterocycles. The lowest BCUT2D eigenvalue weighted by atomic mass is 10.0. The van der Waals surface area contributed by atoms with Crippen LogP contribution in [0.2, 0.25) is 0 Å². The molecule has 7 heteroatoms. The summed E-state index contributed by atoms with van der Waals surface area (Å²) in [5.74, 6) is 2.79. The van der Waals surface area contributed by atoms with Gasteiger partial charge in [0, 0.05) is 11.0 Å². The fourth-order valence-corrected chi connectivity index (χ4v) is 6.42. The fourth-order valence-electron chi connectivity index (χ4n) is 1.72. The van der Waals surface area contributed by atoms with E-state index in [1.165, 1.54) is 11.3 Å². The second kappa shape index (κ2) is 6.06. The van der Waals surface area contributed by atoms with Crippen molar-refractivity contribution in [3.8, 4) is 0 Å². The van der Waals surface area contributed by atoms with Gasteiger partial charge in [-0.25, -0.2) is 13.1 Å². The zero-order valence-corrected chi connectivity index (χ0v) is 13.2. The molecule has 0 amide bonds. The van der Waals surface area contributed by atoms with Gasteiger partial charge in [0.1, 0.15) is 4.21 Å². The molecule has 0 radical (unpaired) electrons. The third-order valence-corrected chi connectivity index (χ3v) is 7.87. The number of thiophene rings is 1. The second-order valence-corrected chi connectivity index (χ2v) is 8.92. The van der Waals surface area contributed by atoms with Crippen LogP contribution in [0.25, 0.3) is 0 Å². The molecule has 1 N–H and O–H groups in total. The van der Waals surface area contributed by atoms with Gasteiger partial charge in [-0.3, -0.25) is 0 Å². The van der Waals surface area contributed by atoms with Crippen molar-refractivity contribution in [2.24, 2.45) is 5.92 Å². The predicted molar refractivity (Wildman–Crippen MR) is 77.3 cm³/mol. The number of hydrogen-bond acceptors (Lipinski definition) is 4. The van der Waals surface area contributed by atoms with Crippen molar-refractivity contribution in [1.82, 2.24) is 4.72 Å². The van der Waals surface area contributed by atoms with Crippen LogP contribution in [-0.4, -0.2) is 26.5 Å². The lowest BCUT2D eigenvalue weighted by Crippen LogP contribution is -2.30. The smallest absolute Gasteiger partial charge is 0.210 e. The standard InChI is InChI=1S/C10H14BrNO2S3/c11-9-3-6-16-10(9)17(13,14)12-7-8-1-4-15-5-2-8/h3,6,8,12H,1-2,4-5,7H2. The molecule has 1 aromatic rings. The molecule has 1 aromatic heterocycles. The quantitative estimate of drug-likeness (QED) is 0.902. The normalized spacial score (nSPS) is 18.4. The average molecular weight is 356 g/mol. The Kier molecular flexibility index (Phi) is 4.94. The maximum Gasteiger partial charge on any atom is 0.251 e. The van der Waals surface area contributed by atoms with Crippen molar-refractivity contribution in [2.75, 3.05) is 18.1 Å². The van der Waals surface area contributed by atoms with Crippen molar-refractivity contribution in [1.29, 1.82) is 0 Å². The summed E-state index contributed by atoms with van der Waals surface area (Å²) in [4.78, 5) is 0. The van der Waals surface area contributed by atoms with Crippen molar-refractivity contribution >= 4 is 49.1 Å². The Morgan fingerprint density at radius 3 is 2.71 bits per heavy atom. The molecule has 0 aliphatic carbocycles. The molecule has 17 heavy (non-hydrogen) atoms. The molecule has 1 saturated heterocycles. The van der Waals surface area contributed by atoms with Crippen LogP contribution in [0.1, 0.15) is 12.8 Å². The minimum Gasteiger partial charge on any atom is -0.210 e. The zero-order chi connectivity index (χ0) is 12.3. The lowest BCUT2D eigenvalue weighted by Gasteiger charge is -2.21. The second-order valence-electron chi connectivity index (χ2n) is 3.96. The van der Waals surface area contributed by atoms with Crippen LogP contribution in [-0.2, 0) is 10.0 Å². The zero-order valence-electron chi connectivity index (χ0n) is 9.19. The van der Waals surface area contributed by atoms with E-state index in [1.807, 2.05) is 11.8 Å². The highest BCUT2D eigenvalue weighted by molar-refractivity contribution is 9.10. The Morgan fingerprint density at radius 1 is 1.41 bits per heavy atom. The molecular weight excluding hydrogens is 342 g/mol. The van der Waals surface area contributed by atoms with Crippen LogP contribution in [0.5, 0.6) is 0 Å². The Balaban J connectivity index is 1.96. The molecule has 0 unspecified atom stereocenters. The number of thioether (sulfide) groups is 1. The van der Waals surface area contributed by atoms with E-state index in [9.17, 15) is 8.42 Å². The van der Waals surface area contributed by atoms with Gasteiger partial charge in [0.2, 0.25) is 0 Å². The number of halogens is 1. The van der Waals surface area contributed by atoms with E-state index >= 15 is 0 Å². The van der Waals surface area contributed by atoms with Gasteiger partial charge in [-0.1, -0.05) is 0 Å². The van der Waals surface area contributed by atoms with Gasteiger partial charge in [0.05, 0.1) is 0 Å². The Morgan fingerprint density at radius 2 is 2.12 bits per heavy atom. The molecular formula is C10H14BrNO2S3. The van der Waals surface area contributed by atoms with Crippen LogP contribution >= 0.6 is 39.0 Å². The lowest BCUT2D eigenvalue weighted by molar-refractivity contribution is 0.477. The molecule has 0 aromatic carbocycles.